The van der Waals surface area contributed by atoms with E-state index in [2.05, 4.69) is 5.10 Å². The van der Waals surface area contributed by atoms with Crippen molar-refractivity contribution in [2.45, 2.75) is 18.6 Å². The predicted octanol–water partition coefficient (Wildman–Crippen LogP) is -0.0186. The Kier molecular flexibility index (Phi) is 2.94. The maximum Gasteiger partial charge on any atom is 0.276 e. The molecule has 3 heterocycles. The molecule has 1 aromatic heterocycles. The third-order valence-corrected chi connectivity index (χ3v) is 3.69. The van der Waals surface area contributed by atoms with Gasteiger partial charge in [-0.25, -0.2) is 0 Å². The topological polar surface area (TPSA) is 82.6 Å². The molecule has 2 N–H and O–H groups in total. The standard InChI is InChI=1S/C12H18N4O3/c1-15-8-9(13)10(14-15)11(17)16-4-2-12(3-5-16)18-6-7-19-12/h8H,2-7,13H2,1H3. The van der Waals surface area contributed by atoms with Crippen LogP contribution in [0.2, 0.25) is 0 Å². The molecule has 7 nitrogen and oxygen atoms in total. The number of nitrogens with two attached hydrogens (primary N) is 1. The van der Waals surface area contributed by atoms with Crippen LogP contribution in [0.1, 0.15) is 23.3 Å². The minimum atomic E-state index is -0.466. The Morgan fingerprint density at radius 2 is 2.00 bits per heavy atom. The molecule has 0 bridgehead atoms. The smallest absolute Gasteiger partial charge is 0.276 e. The molecule has 1 aromatic rings. The van der Waals surface area contributed by atoms with E-state index >= 15 is 0 Å². The van der Waals surface area contributed by atoms with E-state index in [0.717, 1.165) is 0 Å². The van der Waals surface area contributed by atoms with Crippen LogP contribution in [0.15, 0.2) is 6.20 Å². The van der Waals surface area contributed by atoms with Gasteiger partial charge in [0.25, 0.3) is 5.91 Å². The lowest BCUT2D eigenvalue weighted by atomic mass is 10.0. The molecule has 2 aliphatic rings. The highest BCUT2D eigenvalue weighted by Gasteiger charge is 2.41. The summed E-state index contributed by atoms with van der Waals surface area (Å²) in [4.78, 5) is 14.1. The number of nitrogen functional groups attached to an aromatic ring is 1. The number of amides is 1. The van der Waals surface area contributed by atoms with Gasteiger partial charge in [0.05, 0.1) is 18.9 Å². The average Bonchev–Trinajstić information content (AvgIpc) is 2.97. The number of nitrogens with zero attached hydrogens (tertiary/aromatic N) is 3. The quantitative estimate of drug-likeness (QED) is 0.772. The van der Waals surface area contributed by atoms with Crippen LogP contribution in [0, 0.1) is 0 Å². The molecule has 2 saturated heterocycles. The normalized spacial score (nSPS) is 22.1. The van der Waals surface area contributed by atoms with E-state index in [1.807, 2.05) is 0 Å². The van der Waals surface area contributed by atoms with E-state index in [1.165, 1.54) is 0 Å². The van der Waals surface area contributed by atoms with Gasteiger partial charge in [-0.05, 0) is 0 Å². The Morgan fingerprint density at radius 1 is 1.37 bits per heavy atom. The molecule has 0 aromatic carbocycles. The van der Waals surface area contributed by atoms with Gasteiger partial charge in [0.15, 0.2) is 11.5 Å². The number of likely N-dealkylation sites (tertiary alicyclic amines) is 1. The van der Waals surface area contributed by atoms with E-state index < -0.39 is 5.79 Å². The number of ether oxygens (including phenoxy) is 2. The van der Waals surface area contributed by atoms with Crippen molar-refractivity contribution in [2.75, 3.05) is 32.0 Å². The van der Waals surface area contributed by atoms with Crippen molar-refractivity contribution in [1.82, 2.24) is 14.7 Å². The fraction of sp³-hybridized carbons (Fsp3) is 0.667. The average molecular weight is 266 g/mol. The second-order valence-corrected chi connectivity index (χ2v) is 5.01. The molecular weight excluding hydrogens is 248 g/mol. The lowest BCUT2D eigenvalue weighted by Gasteiger charge is -2.37. The summed E-state index contributed by atoms with van der Waals surface area (Å²) in [6, 6.07) is 0. The van der Waals surface area contributed by atoms with Crippen molar-refractivity contribution in [2.24, 2.45) is 7.05 Å². The lowest BCUT2D eigenvalue weighted by molar-refractivity contribution is -0.181. The summed E-state index contributed by atoms with van der Waals surface area (Å²) in [5.41, 5.74) is 6.53. The second kappa shape index (κ2) is 4.50. The fourth-order valence-corrected chi connectivity index (χ4v) is 2.66. The highest BCUT2D eigenvalue weighted by atomic mass is 16.7. The lowest BCUT2D eigenvalue weighted by Crippen LogP contribution is -2.47. The molecule has 0 atom stereocenters. The Labute approximate surface area is 111 Å². The molecule has 0 radical (unpaired) electrons. The van der Waals surface area contributed by atoms with Gasteiger partial charge >= 0.3 is 0 Å². The van der Waals surface area contributed by atoms with Crippen LogP contribution in [0.25, 0.3) is 0 Å². The van der Waals surface area contributed by atoms with E-state index in [-0.39, 0.29) is 5.91 Å². The third kappa shape index (κ3) is 2.19. The van der Waals surface area contributed by atoms with Gasteiger partial charge in [0, 0.05) is 39.2 Å². The molecule has 1 spiro atoms. The molecule has 1 amide bonds. The minimum absolute atomic E-state index is 0.119. The van der Waals surface area contributed by atoms with Crippen LogP contribution in [0.4, 0.5) is 5.69 Å². The van der Waals surface area contributed by atoms with Crippen molar-refractivity contribution in [1.29, 1.82) is 0 Å². The summed E-state index contributed by atoms with van der Waals surface area (Å²) in [5, 5.41) is 4.11. The summed E-state index contributed by atoms with van der Waals surface area (Å²) in [7, 11) is 1.75. The van der Waals surface area contributed by atoms with E-state index in [0.29, 0.717) is 50.5 Å². The predicted molar refractivity (Wildman–Crippen MR) is 67.4 cm³/mol. The van der Waals surface area contributed by atoms with Gasteiger partial charge in [0.2, 0.25) is 0 Å². The summed E-state index contributed by atoms with van der Waals surface area (Å²) in [6.07, 6.45) is 3.04. The number of hydrogen-bond acceptors (Lipinski definition) is 5. The summed E-state index contributed by atoms with van der Waals surface area (Å²) < 4.78 is 12.8. The number of hydrogen-bond donors (Lipinski definition) is 1. The summed E-state index contributed by atoms with van der Waals surface area (Å²) >= 11 is 0. The fourth-order valence-electron chi connectivity index (χ4n) is 2.66. The Bertz CT molecular complexity index is 483. The van der Waals surface area contributed by atoms with Crippen molar-refractivity contribution >= 4 is 11.6 Å². The molecule has 0 aliphatic carbocycles. The number of aryl methyl sites for hydroxylation is 1. The largest absolute Gasteiger partial charge is 0.396 e. The maximum absolute atomic E-state index is 12.3. The first-order chi connectivity index (χ1) is 9.10. The molecule has 3 rings (SSSR count). The first kappa shape index (κ1) is 12.4. The highest BCUT2D eigenvalue weighted by Crippen LogP contribution is 2.31. The number of aromatic nitrogens is 2. The molecule has 0 saturated carbocycles. The van der Waals surface area contributed by atoms with Gasteiger partial charge in [0.1, 0.15) is 0 Å². The zero-order valence-corrected chi connectivity index (χ0v) is 11.0. The van der Waals surface area contributed by atoms with Crippen LogP contribution >= 0.6 is 0 Å². The van der Waals surface area contributed by atoms with Crippen molar-refractivity contribution in [3.8, 4) is 0 Å². The minimum Gasteiger partial charge on any atom is -0.396 e. The van der Waals surface area contributed by atoms with Gasteiger partial charge in [-0.3, -0.25) is 9.48 Å². The van der Waals surface area contributed by atoms with E-state index in [9.17, 15) is 4.79 Å². The first-order valence-electron chi connectivity index (χ1n) is 6.46. The number of rotatable bonds is 1. The molecule has 7 heteroatoms. The van der Waals surface area contributed by atoms with Crippen LogP contribution in [0.5, 0.6) is 0 Å². The molecule has 2 fully saturated rings. The monoisotopic (exact) mass is 266 g/mol. The van der Waals surface area contributed by atoms with Gasteiger partial charge in [-0.15, -0.1) is 0 Å². The number of piperidine rings is 1. The van der Waals surface area contributed by atoms with Crippen molar-refractivity contribution in [3.05, 3.63) is 11.9 Å². The van der Waals surface area contributed by atoms with Crippen LogP contribution in [-0.4, -0.2) is 52.7 Å². The Hall–Kier alpha value is -1.60. The SMILES string of the molecule is Cn1cc(N)c(C(=O)N2CCC3(CC2)OCCO3)n1. The highest BCUT2D eigenvalue weighted by molar-refractivity contribution is 5.97. The third-order valence-electron chi connectivity index (χ3n) is 3.69. The van der Waals surface area contributed by atoms with Crippen molar-refractivity contribution < 1.29 is 14.3 Å². The van der Waals surface area contributed by atoms with Crippen LogP contribution in [0.3, 0.4) is 0 Å². The molecule has 19 heavy (non-hydrogen) atoms. The van der Waals surface area contributed by atoms with Crippen LogP contribution < -0.4 is 5.73 Å². The van der Waals surface area contributed by atoms with Gasteiger partial charge < -0.3 is 20.1 Å². The summed E-state index contributed by atoms with van der Waals surface area (Å²) in [5.74, 6) is -0.585. The molecular formula is C12H18N4O3. The Morgan fingerprint density at radius 3 is 2.53 bits per heavy atom. The number of carbonyl (C=O) groups is 1. The summed E-state index contributed by atoms with van der Waals surface area (Å²) in [6.45, 7) is 2.49. The van der Waals surface area contributed by atoms with E-state index in [4.69, 9.17) is 15.2 Å². The first-order valence-corrected chi connectivity index (χ1v) is 6.46. The molecule has 2 aliphatic heterocycles. The second-order valence-electron chi connectivity index (χ2n) is 5.01. The number of anilines is 1. The van der Waals surface area contributed by atoms with Crippen molar-refractivity contribution in [3.63, 3.8) is 0 Å². The zero-order valence-electron chi connectivity index (χ0n) is 11.0. The molecule has 104 valence electrons. The van der Waals surface area contributed by atoms with Gasteiger partial charge in [-0.1, -0.05) is 0 Å². The van der Waals surface area contributed by atoms with E-state index in [1.54, 1.807) is 22.8 Å². The Balaban J connectivity index is 1.68. The van der Waals surface area contributed by atoms with Crippen LogP contribution in [-0.2, 0) is 16.5 Å². The number of carbonyl (C=O) groups excluding carboxylic acids is 1. The zero-order chi connectivity index (χ0) is 13.5. The van der Waals surface area contributed by atoms with Gasteiger partial charge in [-0.2, -0.15) is 5.10 Å². The molecule has 0 unspecified atom stereocenters. The maximum atomic E-state index is 12.3.